The van der Waals surface area contributed by atoms with Crippen molar-refractivity contribution in [2.24, 2.45) is 0 Å². The predicted octanol–water partition coefficient (Wildman–Crippen LogP) is 15.7. The Balaban J connectivity index is 1.18. The Labute approximate surface area is 401 Å². The first-order valence-electron chi connectivity index (χ1n) is 22.3. The molecule has 0 fully saturated rings. The lowest BCUT2D eigenvalue weighted by Gasteiger charge is -2.17. The number of hydrogen-bond acceptors (Lipinski definition) is 6. The van der Waals surface area contributed by atoms with Crippen LogP contribution >= 0.6 is 0 Å². The second kappa shape index (κ2) is 16.8. The minimum atomic E-state index is 0.370. The molecule has 0 aliphatic carbocycles. The molecule has 0 atom stereocenters. The first kappa shape index (κ1) is 41.0. The largest absolute Gasteiger partial charge is 0.456 e. The van der Waals surface area contributed by atoms with Crippen LogP contribution in [0.2, 0.25) is 0 Å². The third-order valence-corrected chi connectivity index (χ3v) is 12.8. The Kier molecular flexibility index (Phi) is 9.82. The number of para-hydroxylation sites is 1. The minimum Gasteiger partial charge on any atom is -0.456 e. The molecule has 0 aliphatic heterocycles. The van der Waals surface area contributed by atoms with E-state index in [9.17, 15) is 10.5 Å². The Morgan fingerprint density at radius 3 is 1.70 bits per heavy atom. The second-order valence-corrected chi connectivity index (χ2v) is 16.8. The molecule has 322 valence electrons. The number of nitrogens with zero attached hydrogens (tertiary/aromatic N) is 8. The molecule has 0 saturated heterocycles. The fourth-order valence-corrected chi connectivity index (χ4v) is 9.42. The summed E-state index contributed by atoms with van der Waals surface area (Å²) in [5, 5.41) is 24.0. The van der Waals surface area contributed by atoms with Gasteiger partial charge in [-0.2, -0.15) is 10.5 Å². The van der Waals surface area contributed by atoms with Crippen molar-refractivity contribution in [1.82, 2.24) is 19.5 Å². The summed E-state index contributed by atoms with van der Waals surface area (Å²) in [7, 11) is 0. The molecule has 0 unspecified atom stereocenters. The van der Waals surface area contributed by atoms with E-state index in [2.05, 4.69) is 87.1 Å². The summed E-state index contributed by atoms with van der Waals surface area (Å²) in [6, 6.07) is 67.6. The average Bonchev–Trinajstić information content (AvgIpc) is 3.97. The van der Waals surface area contributed by atoms with Crippen LogP contribution in [0.25, 0.3) is 127 Å². The molecule has 9 aromatic carbocycles. The van der Waals surface area contributed by atoms with Crippen molar-refractivity contribution in [3.8, 4) is 85.4 Å². The number of fused-ring (bicyclic) bond motifs is 6. The van der Waals surface area contributed by atoms with E-state index in [0.717, 1.165) is 88.4 Å². The van der Waals surface area contributed by atoms with Crippen LogP contribution in [0.4, 0.5) is 11.4 Å². The molecule has 0 bridgehead atoms. The van der Waals surface area contributed by atoms with Crippen molar-refractivity contribution in [3.05, 3.63) is 228 Å². The molecule has 0 amide bonds. The maximum atomic E-state index is 10.3. The van der Waals surface area contributed by atoms with Gasteiger partial charge in [-0.25, -0.2) is 24.6 Å². The number of nitriles is 2. The fourth-order valence-electron chi connectivity index (χ4n) is 9.42. The van der Waals surface area contributed by atoms with Crippen molar-refractivity contribution in [2.75, 3.05) is 0 Å². The SMILES string of the molecule is [C-]#[N+]c1ccc(-c2ccc3c4ccc(-c5ccc(C#N)cc5[N+]#[C-])cc4n(-c4ccc(-c5ccc6oc7ccccc7c6c5)cc4-c4nc(-c5ccccc5)nc(-c5ccccc5)n4)c3c2)c(C#N)c1. The molecule has 0 spiro atoms. The molecular weight excluding hydrogens is 861 g/mol. The van der Waals surface area contributed by atoms with Crippen LogP contribution in [0.1, 0.15) is 11.1 Å². The van der Waals surface area contributed by atoms with Gasteiger partial charge in [-0.05, 0) is 94.0 Å². The van der Waals surface area contributed by atoms with Gasteiger partial charge in [0.15, 0.2) is 28.8 Å². The molecule has 9 heteroatoms. The van der Waals surface area contributed by atoms with Crippen molar-refractivity contribution in [3.63, 3.8) is 0 Å². The maximum Gasteiger partial charge on any atom is 0.196 e. The third kappa shape index (κ3) is 6.97. The molecule has 0 aliphatic rings. The Bertz CT molecular complexity index is 4100. The summed E-state index contributed by atoms with van der Waals surface area (Å²) in [6.07, 6.45) is 0. The molecule has 70 heavy (non-hydrogen) atoms. The summed E-state index contributed by atoms with van der Waals surface area (Å²) >= 11 is 0. The molecule has 0 N–H and O–H groups in total. The topological polar surface area (TPSA) is 113 Å². The lowest BCUT2D eigenvalue weighted by molar-refractivity contribution is 0.669. The zero-order valence-electron chi connectivity index (χ0n) is 37.0. The summed E-state index contributed by atoms with van der Waals surface area (Å²) in [4.78, 5) is 23.0. The van der Waals surface area contributed by atoms with E-state index in [1.54, 1.807) is 24.3 Å². The first-order valence-corrected chi connectivity index (χ1v) is 22.3. The predicted molar refractivity (Wildman–Crippen MR) is 276 cm³/mol. The quantitative estimate of drug-likeness (QED) is 0.147. The van der Waals surface area contributed by atoms with E-state index >= 15 is 0 Å². The van der Waals surface area contributed by atoms with Gasteiger partial charge in [-0.1, -0.05) is 133 Å². The Morgan fingerprint density at radius 1 is 0.429 bits per heavy atom. The molecule has 3 aromatic heterocycles. The number of rotatable bonds is 7. The Morgan fingerprint density at radius 2 is 1.03 bits per heavy atom. The molecule has 0 radical (unpaired) electrons. The molecular formula is C61H32N8O. The van der Waals surface area contributed by atoms with Gasteiger partial charge >= 0.3 is 0 Å². The first-order chi connectivity index (χ1) is 34.5. The fraction of sp³-hybridized carbons (Fsp3) is 0. The van der Waals surface area contributed by atoms with Crippen LogP contribution in [-0.4, -0.2) is 19.5 Å². The normalized spacial score (nSPS) is 11.1. The van der Waals surface area contributed by atoms with Gasteiger partial charge in [-0.3, -0.25) is 0 Å². The second-order valence-electron chi connectivity index (χ2n) is 16.8. The third-order valence-electron chi connectivity index (χ3n) is 12.8. The number of aromatic nitrogens is 4. The van der Waals surface area contributed by atoms with Crippen molar-refractivity contribution < 1.29 is 4.42 Å². The lowest BCUT2D eigenvalue weighted by atomic mass is 9.98. The van der Waals surface area contributed by atoms with Crippen LogP contribution in [-0.2, 0) is 0 Å². The zero-order valence-corrected chi connectivity index (χ0v) is 37.0. The van der Waals surface area contributed by atoms with E-state index in [-0.39, 0.29) is 0 Å². The summed E-state index contributed by atoms with van der Waals surface area (Å²) < 4.78 is 8.45. The van der Waals surface area contributed by atoms with Gasteiger partial charge in [0.25, 0.3) is 0 Å². The molecule has 3 heterocycles. The van der Waals surface area contributed by atoms with E-state index in [4.69, 9.17) is 32.5 Å². The average molecular weight is 893 g/mol. The van der Waals surface area contributed by atoms with Gasteiger partial charge in [-0.15, -0.1) is 0 Å². The maximum absolute atomic E-state index is 10.3. The minimum absolute atomic E-state index is 0.370. The molecule has 9 nitrogen and oxygen atoms in total. The van der Waals surface area contributed by atoms with Gasteiger partial charge in [0.2, 0.25) is 0 Å². The highest BCUT2D eigenvalue weighted by Crippen LogP contribution is 2.43. The molecule has 12 aromatic rings. The van der Waals surface area contributed by atoms with Crippen LogP contribution in [0, 0.1) is 35.8 Å². The number of furan rings is 1. The van der Waals surface area contributed by atoms with Gasteiger partial charge in [0, 0.05) is 49.4 Å². The van der Waals surface area contributed by atoms with E-state index < -0.39 is 0 Å². The van der Waals surface area contributed by atoms with Crippen LogP contribution < -0.4 is 0 Å². The summed E-state index contributed by atoms with van der Waals surface area (Å²) in [5.41, 5.74) is 12.9. The lowest BCUT2D eigenvalue weighted by Crippen LogP contribution is -2.04. The van der Waals surface area contributed by atoms with E-state index in [1.807, 2.05) is 109 Å². The van der Waals surface area contributed by atoms with E-state index in [1.165, 1.54) is 0 Å². The number of hydrogen-bond donors (Lipinski definition) is 0. The highest BCUT2D eigenvalue weighted by atomic mass is 16.3. The van der Waals surface area contributed by atoms with Crippen LogP contribution in [0.15, 0.2) is 199 Å². The standard InChI is InChI=1S/C61H32N8O/c1-64-45-22-26-46(44(30-45)36-63)42-18-24-48-49-25-19-43(47-23-17-37(35-62)29-53(47)65-2)34-56(49)69(55(48)33-42)54-27-20-40(41-21-28-58-51(31-41)50-15-9-10-16-57(50)70-58)32-52(54)61-67-59(38-11-5-3-6-12-38)66-60(68-61)39-13-7-4-8-14-39/h3-34H. The van der Waals surface area contributed by atoms with E-state index in [0.29, 0.717) is 51.1 Å². The van der Waals surface area contributed by atoms with Crippen molar-refractivity contribution in [2.45, 2.75) is 0 Å². The number of benzene rings is 9. The molecule has 0 saturated carbocycles. The van der Waals surface area contributed by atoms with Gasteiger partial charge in [0.05, 0.1) is 42.0 Å². The van der Waals surface area contributed by atoms with Crippen molar-refractivity contribution in [1.29, 1.82) is 10.5 Å². The smallest absolute Gasteiger partial charge is 0.196 e. The molecule has 12 rings (SSSR count). The van der Waals surface area contributed by atoms with Crippen LogP contribution in [0.5, 0.6) is 0 Å². The monoisotopic (exact) mass is 892 g/mol. The van der Waals surface area contributed by atoms with Crippen molar-refractivity contribution >= 4 is 55.1 Å². The highest BCUT2D eigenvalue weighted by molar-refractivity contribution is 6.12. The zero-order chi connectivity index (χ0) is 47.3. The van der Waals surface area contributed by atoms with Crippen LogP contribution in [0.3, 0.4) is 0 Å². The van der Waals surface area contributed by atoms with Gasteiger partial charge in [0.1, 0.15) is 11.2 Å². The highest BCUT2D eigenvalue weighted by Gasteiger charge is 2.23. The van der Waals surface area contributed by atoms with Gasteiger partial charge < -0.3 is 8.98 Å². The summed E-state index contributed by atoms with van der Waals surface area (Å²) in [5.74, 6) is 1.47. The Hall–Kier alpha value is -10.5. The summed E-state index contributed by atoms with van der Waals surface area (Å²) in [6.45, 7) is 15.7.